The van der Waals surface area contributed by atoms with Crippen LogP contribution in [0.25, 0.3) is 11.2 Å². The van der Waals surface area contributed by atoms with Gasteiger partial charge in [-0.05, 0) is 13.8 Å². The zero-order valence-electron chi connectivity index (χ0n) is 12.1. The van der Waals surface area contributed by atoms with E-state index in [4.69, 9.17) is 14.2 Å². The lowest BCUT2D eigenvalue weighted by molar-refractivity contribution is -0.199. The molecule has 2 aromatic rings. The summed E-state index contributed by atoms with van der Waals surface area (Å²) in [7, 11) is 0. The lowest BCUT2D eigenvalue weighted by Crippen LogP contribution is -2.31. The highest BCUT2D eigenvalue weighted by molar-refractivity contribution is 5.68. The number of rotatable bonds is 2. The van der Waals surface area contributed by atoms with Gasteiger partial charge in [-0.25, -0.2) is 9.97 Å². The molecule has 9 heteroatoms. The van der Waals surface area contributed by atoms with E-state index >= 15 is 0 Å². The Balaban J connectivity index is 1.78. The molecule has 2 aromatic heterocycles. The molecule has 118 valence electrons. The van der Waals surface area contributed by atoms with E-state index in [9.17, 15) is 9.90 Å². The molecule has 2 aliphatic heterocycles. The predicted molar refractivity (Wildman–Crippen MR) is 73.0 cm³/mol. The van der Waals surface area contributed by atoms with Crippen LogP contribution in [0.4, 0.5) is 0 Å². The summed E-state index contributed by atoms with van der Waals surface area (Å²) in [4.78, 5) is 22.5. The third-order valence-corrected chi connectivity index (χ3v) is 3.94. The van der Waals surface area contributed by atoms with Crippen LogP contribution in [0, 0.1) is 0 Å². The van der Waals surface area contributed by atoms with E-state index in [1.54, 1.807) is 4.57 Å². The van der Waals surface area contributed by atoms with Crippen LogP contribution in [0.15, 0.2) is 17.4 Å². The Morgan fingerprint density at radius 2 is 2.14 bits per heavy atom. The van der Waals surface area contributed by atoms with Crippen LogP contribution >= 0.6 is 0 Å². The molecule has 2 unspecified atom stereocenters. The van der Waals surface area contributed by atoms with Gasteiger partial charge in [-0.3, -0.25) is 9.36 Å². The standard InChI is InChI=1S/C13H16N4O5/c1-13(2)21-8-6(3-18)20-12(9(8)22-13)17-5-16-7-10(17)14-4-15-11(7)19/h4-6,8-9,12,18H,3H2,1-2H3,(H,14,15,19)/t6-,8?,9?,12-/m1/s1. The van der Waals surface area contributed by atoms with Crippen molar-refractivity contribution < 1.29 is 19.3 Å². The fourth-order valence-corrected chi connectivity index (χ4v) is 3.08. The summed E-state index contributed by atoms with van der Waals surface area (Å²) in [5.41, 5.74) is 0.314. The van der Waals surface area contributed by atoms with Gasteiger partial charge in [-0.15, -0.1) is 0 Å². The van der Waals surface area contributed by atoms with Crippen molar-refractivity contribution in [3.05, 3.63) is 23.0 Å². The van der Waals surface area contributed by atoms with Crippen LogP contribution in [-0.2, 0) is 14.2 Å². The molecule has 2 saturated heterocycles. The average molecular weight is 308 g/mol. The zero-order valence-corrected chi connectivity index (χ0v) is 12.1. The van der Waals surface area contributed by atoms with Gasteiger partial charge >= 0.3 is 0 Å². The van der Waals surface area contributed by atoms with Crippen molar-refractivity contribution in [1.29, 1.82) is 0 Å². The first-order chi connectivity index (χ1) is 10.5. The molecule has 0 spiro atoms. The van der Waals surface area contributed by atoms with Gasteiger partial charge in [0, 0.05) is 0 Å². The zero-order chi connectivity index (χ0) is 15.5. The first-order valence-corrected chi connectivity index (χ1v) is 7.02. The van der Waals surface area contributed by atoms with Crippen molar-refractivity contribution in [3.63, 3.8) is 0 Å². The van der Waals surface area contributed by atoms with Crippen LogP contribution in [0.1, 0.15) is 20.1 Å². The summed E-state index contributed by atoms with van der Waals surface area (Å²) in [6.45, 7) is 3.44. The maximum atomic E-state index is 11.8. The van der Waals surface area contributed by atoms with Crippen molar-refractivity contribution in [2.24, 2.45) is 0 Å². The molecule has 4 atom stereocenters. The van der Waals surface area contributed by atoms with Crippen molar-refractivity contribution in [1.82, 2.24) is 19.5 Å². The first-order valence-electron chi connectivity index (χ1n) is 7.02. The molecule has 4 rings (SSSR count). The maximum absolute atomic E-state index is 11.8. The minimum atomic E-state index is -0.758. The largest absolute Gasteiger partial charge is 0.394 e. The quantitative estimate of drug-likeness (QED) is 0.771. The normalized spacial score (nSPS) is 33.4. The Bertz CT molecular complexity index is 769. The summed E-state index contributed by atoms with van der Waals surface area (Å²) < 4.78 is 19.2. The molecular formula is C13H16N4O5. The Kier molecular flexibility index (Phi) is 2.89. The maximum Gasteiger partial charge on any atom is 0.278 e. The van der Waals surface area contributed by atoms with Gasteiger partial charge < -0.3 is 24.3 Å². The number of aromatic amines is 1. The molecule has 22 heavy (non-hydrogen) atoms. The SMILES string of the molecule is CC1(C)OC2C(O1)[C@@H](CO)O[C@H]2n1cnc2c(=O)[nH]cnc21. The number of fused-ring (bicyclic) bond motifs is 2. The summed E-state index contributed by atoms with van der Waals surface area (Å²) in [5.74, 6) is -0.758. The molecule has 0 amide bonds. The van der Waals surface area contributed by atoms with Crippen LogP contribution in [-0.4, -0.2) is 55.3 Å². The summed E-state index contributed by atoms with van der Waals surface area (Å²) in [5, 5.41) is 9.50. The summed E-state index contributed by atoms with van der Waals surface area (Å²) >= 11 is 0. The van der Waals surface area contributed by atoms with Gasteiger partial charge in [0.2, 0.25) is 0 Å². The number of nitrogens with one attached hydrogen (secondary N) is 1. The number of nitrogens with zero attached hydrogens (tertiary/aromatic N) is 3. The van der Waals surface area contributed by atoms with E-state index in [1.807, 2.05) is 13.8 Å². The molecule has 0 bridgehead atoms. The second kappa shape index (κ2) is 4.59. The molecule has 2 aliphatic rings. The Morgan fingerprint density at radius 3 is 2.91 bits per heavy atom. The molecule has 4 heterocycles. The minimum absolute atomic E-state index is 0.183. The lowest BCUT2D eigenvalue weighted by atomic mass is 10.1. The van der Waals surface area contributed by atoms with Crippen LogP contribution in [0.3, 0.4) is 0 Å². The van der Waals surface area contributed by atoms with E-state index in [2.05, 4.69) is 15.0 Å². The highest BCUT2D eigenvalue weighted by Gasteiger charge is 2.55. The van der Waals surface area contributed by atoms with Crippen molar-refractivity contribution in [2.45, 2.75) is 44.2 Å². The van der Waals surface area contributed by atoms with Crippen molar-refractivity contribution >= 4 is 11.2 Å². The molecule has 2 N–H and O–H groups in total. The minimum Gasteiger partial charge on any atom is -0.394 e. The van der Waals surface area contributed by atoms with Gasteiger partial charge in [0.25, 0.3) is 5.56 Å². The van der Waals surface area contributed by atoms with Crippen molar-refractivity contribution in [3.8, 4) is 0 Å². The number of aromatic nitrogens is 4. The van der Waals surface area contributed by atoms with Gasteiger partial charge in [0.05, 0.1) is 19.3 Å². The van der Waals surface area contributed by atoms with Crippen LogP contribution in [0.5, 0.6) is 0 Å². The van der Waals surface area contributed by atoms with E-state index in [1.165, 1.54) is 12.7 Å². The van der Waals surface area contributed by atoms with Crippen LogP contribution < -0.4 is 5.56 Å². The number of hydrogen-bond acceptors (Lipinski definition) is 7. The number of aliphatic hydroxyl groups excluding tert-OH is 1. The molecule has 0 aliphatic carbocycles. The van der Waals surface area contributed by atoms with Gasteiger partial charge in [0.15, 0.2) is 23.2 Å². The number of ether oxygens (including phenoxy) is 3. The molecule has 0 aromatic carbocycles. The van der Waals surface area contributed by atoms with E-state index in [0.29, 0.717) is 5.65 Å². The third kappa shape index (κ3) is 1.90. The predicted octanol–water partition coefficient (Wildman–Crippen LogP) is -0.471. The number of H-pyrrole nitrogens is 1. The first kappa shape index (κ1) is 13.8. The van der Waals surface area contributed by atoms with Crippen molar-refractivity contribution in [2.75, 3.05) is 6.61 Å². The van der Waals surface area contributed by atoms with E-state index in [0.717, 1.165) is 0 Å². The van der Waals surface area contributed by atoms with Crippen LogP contribution in [0.2, 0.25) is 0 Å². The molecular weight excluding hydrogens is 292 g/mol. The second-order valence-electron chi connectivity index (χ2n) is 5.87. The fraction of sp³-hybridized carbons (Fsp3) is 0.615. The van der Waals surface area contributed by atoms with Gasteiger partial charge in [0.1, 0.15) is 18.3 Å². The Morgan fingerprint density at radius 1 is 1.36 bits per heavy atom. The smallest absolute Gasteiger partial charge is 0.278 e. The van der Waals surface area contributed by atoms with E-state index in [-0.39, 0.29) is 23.8 Å². The topological polar surface area (TPSA) is 111 Å². The molecule has 9 nitrogen and oxygen atoms in total. The Hall–Kier alpha value is -1.81. The van der Waals surface area contributed by atoms with Gasteiger partial charge in [-0.2, -0.15) is 0 Å². The monoisotopic (exact) mass is 308 g/mol. The van der Waals surface area contributed by atoms with E-state index < -0.39 is 24.2 Å². The number of imidazole rings is 1. The highest BCUT2D eigenvalue weighted by Crippen LogP contribution is 2.43. The molecule has 0 radical (unpaired) electrons. The fourth-order valence-electron chi connectivity index (χ4n) is 3.08. The third-order valence-electron chi connectivity index (χ3n) is 3.94. The molecule has 0 saturated carbocycles. The summed E-state index contributed by atoms with van der Waals surface area (Å²) in [6.07, 6.45) is 0.937. The second-order valence-corrected chi connectivity index (χ2v) is 5.87. The van der Waals surface area contributed by atoms with Gasteiger partial charge in [-0.1, -0.05) is 0 Å². The number of aliphatic hydroxyl groups is 1. The number of hydrogen-bond donors (Lipinski definition) is 2. The summed E-state index contributed by atoms with van der Waals surface area (Å²) in [6, 6.07) is 0. The highest BCUT2D eigenvalue weighted by atomic mass is 16.8. The Labute approximate surface area is 124 Å². The lowest BCUT2D eigenvalue weighted by Gasteiger charge is -2.24. The average Bonchev–Trinajstić information content (AvgIpc) is 3.10. The molecule has 2 fully saturated rings.